The molecule has 1 fully saturated rings. The van der Waals surface area contributed by atoms with E-state index in [4.69, 9.17) is 5.73 Å². The summed E-state index contributed by atoms with van der Waals surface area (Å²) in [6.07, 6.45) is 2.08. The predicted molar refractivity (Wildman–Crippen MR) is 78.6 cm³/mol. The molecule has 5 nitrogen and oxygen atoms in total. The van der Waals surface area contributed by atoms with Crippen molar-refractivity contribution in [2.45, 2.75) is 32.7 Å². The summed E-state index contributed by atoms with van der Waals surface area (Å²) in [5.41, 5.74) is 7.55. The largest absolute Gasteiger partial charge is 0.339 e. The highest BCUT2D eigenvalue weighted by molar-refractivity contribution is 6.05. The SMILES string of the molecule is Cc1cccc(NC(=O)[C@H](C)N)c1C(=O)N1CCCC1. The summed E-state index contributed by atoms with van der Waals surface area (Å²) in [4.78, 5) is 26.2. The Labute approximate surface area is 119 Å². The van der Waals surface area contributed by atoms with Gasteiger partial charge in [-0.1, -0.05) is 12.1 Å². The fourth-order valence-electron chi connectivity index (χ4n) is 2.38. The van der Waals surface area contributed by atoms with Crippen LogP contribution in [0.3, 0.4) is 0 Å². The van der Waals surface area contributed by atoms with Crippen molar-refractivity contribution in [2.24, 2.45) is 5.73 Å². The number of carbonyl (C=O) groups excluding carboxylic acids is 2. The minimum absolute atomic E-state index is 0.0134. The normalized spacial score (nSPS) is 16.1. The van der Waals surface area contributed by atoms with Crippen LogP contribution in [0.25, 0.3) is 0 Å². The lowest BCUT2D eigenvalue weighted by atomic mass is 10.0. The summed E-state index contributed by atoms with van der Waals surface area (Å²) in [7, 11) is 0. The molecule has 2 amide bonds. The Bertz CT molecular complexity index is 520. The molecule has 0 aliphatic carbocycles. The zero-order valence-electron chi connectivity index (χ0n) is 12.0. The number of rotatable bonds is 3. The Morgan fingerprint density at radius 2 is 1.95 bits per heavy atom. The van der Waals surface area contributed by atoms with Crippen LogP contribution in [-0.4, -0.2) is 35.8 Å². The van der Waals surface area contributed by atoms with Crippen molar-refractivity contribution in [3.63, 3.8) is 0 Å². The van der Waals surface area contributed by atoms with Gasteiger partial charge in [-0.3, -0.25) is 9.59 Å². The minimum Gasteiger partial charge on any atom is -0.339 e. The fourth-order valence-corrected chi connectivity index (χ4v) is 2.38. The highest BCUT2D eigenvalue weighted by atomic mass is 16.2. The Balaban J connectivity index is 2.30. The summed E-state index contributed by atoms with van der Waals surface area (Å²) in [6, 6.07) is 4.85. The maximum absolute atomic E-state index is 12.6. The van der Waals surface area contributed by atoms with E-state index in [-0.39, 0.29) is 11.8 Å². The van der Waals surface area contributed by atoms with Crippen LogP contribution in [0.1, 0.15) is 35.7 Å². The van der Waals surface area contributed by atoms with Gasteiger partial charge in [0, 0.05) is 13.1 Å². The second-order valence-corrected chi connectivity index (χ2v) is 5.27. The number of nitrogens with two attached hydrogens (primary N) is 1. The second kappa shape index (κ2) is 6.05. The van der Waals surface area contributed by atoms with E-state index in [9.17, 15) is 9.59 Å². The summed E-state index contributed by atoms with van der Waals surface area (Å²) < 4.78 is 0. The van der Waals surface area contributed by atoms with Gasteiger partial charge in [0.25, 0.3) is 5.91 Å². The summed E-state index contributed by atoms with van der Waals surface area (Å²) >= 11 is 0. The number of aryl methyl sites for hydroxylation is 1. The van der Waals surface area contributed by atoms with Crippen molar-refractivity contribution in [1.82, 2.24) is 4.90 Å². The van der Waals surface area contributed by atoms with Crippen LogP contribution in [-0.2, 0) is 4.79 Å². The average molecular weight is 275 g/mol. The van der Waals surface area contributed by atoms with Crippen LogP contribution in [0.4, 0.5) is 5.69 Å². The van der Waals surface area contributed by atoms with Gasteiger partial charge in [-0.15, -0.1) is 0 Å². The lowest BCUT2D eigenvalue weighted by molar-refractivity contribution is -0.117. The number of nitrogens with zero attached hydrogens (tertiary/aromatic N) is 1. The van der Waals surface area contributed by atoms with Gasteiger partial charge in [0.05, 0.1) is 17.3 Å². The zero-order valence-corrected chi connectivity index (χ0v) is 12.0. The zero-order chi connectivity index (χ0) is 14.7. The number of hydrogen-bond acceptors (Lipinski definition) is 3. The van der Waals surface area contributed by atoms with Gasteiger partial charge >= 0.3 is 0 Å². The molecule has 0 bridgehead atoms. The molecule has 2 rings (SSSR count). The van der Waals surface area contributed by atoms with Gasteiger partial charge in [0.1, 0.15) is 0 Å². The van der Waals surface area contributed by atoms with E-state index in [1.54, 1.807) is 13.0 Å². The van der Waals surface area contributed by atoms with Crippen LogP contribution in [0.5, 0.6) is 0 Å². The molecular formula is C15H21N3O2. The van der Waals surface area contributed by atoms with Crippen molar-refractivity contribution in [1.29, 1.82) is 0 Å². The summed E-state index contributed by atoms with van der Waals surface area (Å²) in [5, 5.41) is 2.74. The molecule has 1 atom stereocenters. The molecule has 5 heteroatoms. The predicted octanol–water partition coefficient (Wildman–Crippen LogP) is 1.52. The van der Waals surface area contributed by atoms with Crippen molar-refractivity contribution in [3.05, 3.63) is 29.3 Å². The molecule has 1 aliphatic rings. The molecule has 1 aromatic rings. The van der Waals surface area contributed by atoms with Gasteiger partial charge in [-0.25, -0.2) is 0 Å². The van der Waals surface area contributed by atoms with Gasteiger partial charge in [-0.2, -0.15) is 0 Å². The first-order valence-electron chi connectivity index (χ1n) is 6.96. The van der Waals surface area contributed by atoms with E-state index in [1.807, 2.05) is 24.0 Å². The monoisotopic (exact) mass is 275 g/mol. The molecule has 3 N–H and O–H groups in total. The van der Waals surface area contributed by atoms with Crippen molar-refractivity contribution in [2.75, 3.05) is 18.4 Å². The number of hydrogen-bond donors (Lipinski definition) is 2. The Morgan fingerprint density at radius 3 is 2.55 bits per heavy atom. The Morgan fingerprint density at radius 1 is 1.30 bits per heavy atom. The van der Waals surface area contributed by atoms with Gasteiger partial charge in [0.2, 0.25) is 5.91 Å². The number of benzene rings is 1. The highest BCUT2D eigenvalue weighted by Gasteiger charge is 2.24. The van der Waals surface area contributed by atoms with E-state index in [0.29, 0.717) is 11.3 Å². The minimum atomic E-state index is -0.606. The van der Waals surface area contributed by atoms with E-state index in [2.05, 4.69) is 5.32 Å². The average Bonchev–Trinajstić information content (AvgIpc) is 2.92. The summed E-state index contributed by atoms with van der Waals surface area (Å²) in [5.74, 6) is -0.299. The molecule has 0 spiro atoms. The maximum Gasteiger partial charge on any atom is 0.256 e. The smallest absolute Gasteiger partial charge is 0.256 e. The van der Waals surface area contributed by atoms with Crippen LogP contribution >= 0.6 is 0 Å². The van der Waals surface area contributed by atoms with Crippen LogP contribution in [0.15, 0.2) is 18.2 Å². The first-order chi connectivity index (χ1) is 9.50. The Hall–Kier alpha value is -1.88. The molecule has 0 saturated carbocycles. The summed E-state index contributed by atoms with van der Waals surface area (Å²) in [6.45, 7) is 5.07. The quantitative estimate of drug-likeness (QED) is 0.878. The Kier molecular flexibility index (Phi) is 4.39. The third-order valence-electron chi connectivity index (χ3n) is 3.55. The second-order valence-electron chi connectivity index (χ2n) is 5.27. The van der Waals surface area contributed by atoms with Crippen LogP contribution < -0.4 is 11.1 Å². The van der Waals surface area contributed by atoms with Crippen LogP contribution in [0, 0.1) is 6.92 Å². The number of anilines is 1. The third-order valence-corrected chi connectivity index (χ3v) is 3.55. The lowest BCUT2D eigenvalue weighted by Gasteiger charge is -2.20. The fraction of sp³-hybridized carbons (Fsp3) is 0.467. The molecule has 1 saturated heterocycles. The van der Waals surface area contributed by atoms with E-state index in [0.717, 1.165) is 31.5 Å². The highest BCUT2D eigenvalue weighted by Crippen LogP contribution is 2.23. The molecule has 1 aliphatic heterocycles. The van der Waals surface area contributed by atoms with E-state index < -0.39 is 6.04 Å². The molecule has 1 aromatic carbocycles. The number of likely N-dealkylation sites (tertiary alicyclic amines) is 1. The molecular weight excluding hydrogens is 254 g/mol. The lowest BCUT2D eigenvalue weighted by Crippen LogP contribution is -2.34. The third kappa shape index (κ3) is 2.99. The molecule has 0 radical (unpaired) electrons. The van der Waals surface area contributed by atoms with Crippen molar-refractivity contribution < 1.29 is 9.59 Å². The van der Waals surface area contributed by atoms with E-state index in [1.165, 1.54) is 0 Å². The standard InChI is InChI=1S/C15H21N3O2/c1-10-6-5-7-12(17-14(19)11(2)16)13(10)15(20)18-8-3-4-9-18/h5-7,11H,3-4,8-9,16H2,1-2H3,(H,17,19)/t11-/m0/s1. The number of carbonyl (C=O) groups is 2. The van der Waals surface area contributed by atoms with Crippen molar-refractivity contribution >= 4 is 17.5 Å². The maximum atomic E-state index is 12.6. The topological polar surface area (TPSA) is 75.4 Å². The van der Waals surface area contributed by atoms with E-state index >= 15 is 0 Å². The number of amides is 2. The van der Waals surface area contributed by atoms with Crippen LogP contribution in [0.2, 0.25) is 0 Å². The molecule has 0 unspecified atom stereocenters. The molecule has 108 valence electrons. The number of nitrogens with one attached hydrogen (secondary N) is 1. The molecule has 20 heavy (non-hydrogen) atoms. The van der Waals surface area contributed by atoms with Gasteiger partial charge in [-0.05, 0) is 38.3 Å². The molecule has 0 aromatic heterocycles. The first-order valence-corrected chi connectivity index (χ1v) is 6.96. The van der Waals surface area contributed by atoms with Crippen molar-refractivity contribution in [3.8, 4) is 0 Å². The van der Waals surface area contributed by atoms with Gasteiger partial charge < -0.3 is 16.0 Å². The first kappa shape index (κ1) is 14.5. The molecule has 1 heterocycles. The van der Waals surface area contributed by atoms with Gasteiger partial charge in [0.15, 0.2) is 0 Å².